The lowest BCUT2D eigenvalue weighted by atomic mass is 9.99. The highest BCUT2D eigenvalue weighted by Crippen LogP contribution is 2.40. The van der Waals surface area contributed by atoms with Gasteiger partial charge < -0.3 is 19.5 Å². The van der Waals surface area contributed by atoms with E-state index in [0.717, 1.165) is 39.2 Å². The van der Waals surface area contributed by atoms with Gasteiger partial charge in [-0.3, -0.25) is 4.79 Å². The molecule has 0 fully saturated rings. The van der Waals surface area contributed by atoms with E-state index in [9.17, 15) is 4.79 Å². The van der Waals surface area contributed by atoms with Gasteiger partial charge in [-0.25, -0.2) is 9.67 Å². The number of hydrogen-bond donors (Lipinski definition) is 1. The van der Waals surface area contributed by atoms with Crippen molar-refractivity contribution < 1.29 is 19.0 Å². The largest absolute Gasteiger partial charge is 0.493 e. The average Bonchev–Trinajstić information content (AvgIpc) is 3.19. The van der Waals surface area contributed by atoms with Crippen LogP contribution in [0.4, 0.5) is 5.69 Å². The zero-order valence-corrected chi connectivity index (χ0v) is 21.9. The molecule has 2 aromatic carbocycles. The number of methoxy groups -OCH3 is 3. The molecular formula is C28H32N4O4. The fraction of sp³-hybridized carbons (Fsp3) is 0.321. The minimum absolute atomic E-state index is 0.116. The number of anilines is 1. The molecule has 8 heteroatoms. The zero-order valence-electron chi connectivity index (χ0n) is 21.9. The third kappa shape index (κ3) is 4.71. The molecule has 8 nitrogen and oxygen atoms in total. The number of pyridine rings is 1. The smallest absolute Gasteiger partial charge is 0.224 e. The van der Waals surface area contributed by atoms with E-state index in [1.807, 2.05) is 18.5 Å². The number of amides is 1. The molecule has 0 bridgehead atoms. The first kappa shape index (κ1) is 25.0. The van der Waals surface area contributed by atoms with Crippen LogP contribution < -0.4 is 19.5 Å². The number of nitrogens with one attached hydrogen (secondary N) is 1. The minimum atomic E-state index is -0.116. The number of ether oxygens (including phenoxy) is 3. The Labute approximate surface area is 211 Å². The molecular weight excluding hydrogens is 456 g/mol. The van der Waals surface area contributed by atoms with Crippen LogP contribution in [0.15, 0.2) is 36.4 Å². The van der Waals surface area contributed by atoms with E-state index in [2.05, 4.69) is 43.4 Å². The monoisotopic (exact) mass is 488 g/mol. The maximum atomic E-state index is 12.8. The number of aryl methyl sites for hydroxylation is 4. The number of carbonyl (C=O) groups excluding carboxylic acids is 1. The van der Waals surface area contributed by atoms with Gasteiger partial charge in [0.25, 0.3) is 0 Å². The van der Waals surface area contributed by atoms with E-state index < -0.39 is 0 Å². The second-order valence-electron chi connectivity index (χ2n) is 8.79. The Hall–Kier alpha value is -4.07. The number of benzene rings is 2. The molecule has 0 saturated heterocycles. The summed E-state index contributed by atoms with van der Waals surface area (Å²) in [5.74, 6) is 1.32. The van der Waals surface area contributed by atoms with Gasteiger partial charge in [0.2, 0.25) is 11.7 Å². The molecule has 2 aromatic heterocycles. The lowest BCUT2D eigenvalue weighted by Crippen LogP contribution is -2.14. The molecule has 188 valence electrons. The molecule has 4 rings (SSSR count). The lowest BCUT2D eigenvalue weighted by Gasteiger charge is -2.15. The van der Waals surface area contributed by atoms with Crippen LogP contribution in [0.25, 0.3) is 16.7 Å². The maximum Gasteiger partial charge on any atom is 0.224 e. The topological polar surface area (TPSA) is 87.5 Å². The number of carbonyl (C=O) groups is 1. The van der Waals surface area contributed by atoms with Crippen LogP contribution in [0.2, 0.25) is 0 Å². The van der Waals surface area contributed by atoms with Crippen molar-refractivity contribution in [3.05, 3.63) is 64.5 Å². The number of rotatable bonds is 8. The Morgan fingerprint density at radius 1 is 0.917 bits per heavy atom. The van der Waals surface area contributed by atoms with Gasteiger partial charge in [-0.1, -0.05) is 17.7 Å². The van der Waals surface area contributed by atoms with Gasteiger partial charge in [-0.05, 0) is 57.4 Å². The Morgan fingerprint density at radius 3 is 2.14 bits per heavy atom. The standard InChI is InChI=1S/C28H32N4O4/c1-16-8-10-21(11-9-16)32-28-26(19(4)31-32)17(2)22(18(3)29-28)12-13-25(33)30-20-14-23(34-5)27(36-7)24(15-20)35-6/h8-11,14-15H,12-13H2,1-7H3,(H,30,33). The summed E-state index contributed by atoms with van der Waals surface area (Å²) in [5.41, 5.74) is 7.56. The Bertz CT molecular complexity index is 1400. The average molecular weight is 489 g/mol. The number of nitrogens with zero attached hydrogens (tertiary/aromatic N) is 3. The molecule has 1 N–H and O–H groups in total. The van der Waals surface area contributed by atoms with Crippen molar-refractivity contribution in [2.24, 2.45) is 0 Å². The summed E-state index contributed by atoms with van der Waals surface area (Å²) in [6.07, 6.45) is 0.864. The van der Waals surface area contributed by atoms with Crippen LogP contribution in [0.3, 0.4) is 0 Å². The summed E-state index contributed by atoms with van der Waals surface area (Å²) in [6.45, 7) is 8.13. The van der Waals surface area contributed by atoms with Crippen molar-refractivity contribution in [1.82, 2.24) is 14.8 Å². The molecule has 0 aliphatic heterocycles. The van der Waals surface area contributed by atoms with Gasteiger partial charge in [0.15, 0.2) is 17.1 Å². The zero-order chi connectivity index (χ0) is 26.0. The molecule has 0 aliphatic rings. The molecule has 1 amide bonds. The van der Waals surface area contributed by atoms with Gasteiger partial charge in [0, 0.05) is 35.3 Å². The molecule has 0 saturated carbocycles. The predicted octanol–water partition coefficient (Wildman–Crippen LogP) is 5.25. The molecule has 0 aliphatic carbocycles. The van der Waals surface area contributed by atoms with E-state index >= 15 is 0 Å². The number of hydrogen-bond acceptors (Lipinski definition) is 6. The number of fused-ring (bicyclic) bond motifs is 1. The van der Waals surface area contributed by atoms with Crippen molar-refractivity contribution in [2.75, 3.05) is 26.6 Å². The molecule has 0 unspecified atom stereocenters. The van der Waals surface area contributed by atoms with Crippen LogP contribution in [0.5, 0.6) is 17.2 Å². The normalized spacial score (nSPS) is 11.0. The maximum absolute atomic E-state index is 12.8. The highest BCUT2D eigenvalue weighted by atomic mass is 16.5. The predicted molar refractivity (Wildman–Crippen MR) is 141 cm³/mol. The fourth-order valence-electron chi connectivity index (χ4n) is 4.56. The second kappa shape index (κ2) is 10.3. The second-order valence-corrected chi connectivity index (χ2v) is 8.79. The summed E-state index contributed by atoms with van der Waals surface area (Å²) < 4.78 is 18.0. The highest BCUT2D eigenvalue weighted by Gasteiger charge is 2.19. The first-order chi connectivity index (χ1) is 17.3. The van der Waals surface area contributed by atoms with Crippen molar-refractivity contribution >= 4 is 22.6 Å². The SMILES string of the molecule is COc1cc(NC(=O)CCc2c(C)nc3c(c(C)nn3-c3ccc(C)cc3)c2C)cc(OC)c1OC. The minimum Gasteiger partial charge on any atom is -0.493 e. The first-order valence-electron chi connectivity index (χ1n) is 11.8. The molecule has 0 spiro atoms. The van der Waals surface area contributed by atoms with E-state index in [4.69, 9.17) is 24.3 Å². The Balaban J connectivity index is 1.57. The summed E-state index contributed by atoms with van der Waals surface area (Å²) in [5, 5.41) is 8.74. The molecule has 0 atom stereocenters. The van der Waals surface area contributed by atoms with Crippen LogP contribution in [-0.4, -0.2) is 42.0 Å². The summed E-state index contributed by atoms with van der Waals surface area (Å²) in [4.78, 5) is 17.8. The summed E-state index contributed by atoms with van der Waals surface area (Å²) in [6, 6.07) is 11.7. The molecule has 36 heavy (non-hydrogen) atoms. The van der Waals surface area contributed by atoms with Crippen LogP contribution in [0.1, 0.15) is 34.5 Å². The first-order valence-corrected chi connectivity index (χ1v) is 11.8. The summed E-state index contributed by atoms with van der Waals surface area (Å²) in [7, 11) is 4.63. The number of aromatic nitrogens is 3. The van der Waals surface area contributed by atoms with E-state index in [1.54, 1.807) is 33.5 Å². The van der Waals surface area contributed by atoms with Crippen LogP contribution >= 0.6 is 0 Å². The van der Waals surface area contributed by atoms with Gasteiger partial charge in [0.1, 0.15) is 0 Å². The lowest BCUT2D eigenvalue weighted by molar-refractivity contribution is -0.116. The van der Waals surface area contributed by atoms with Gasteiger partial charge in [-0.2, -0.15) is 5.10 Å². The molecule has 0 radical (unpaired) electrons. The third-order valence-electron chi connectivity index (χ3n) is 6.40. The van der Waals surface area contributed by atoms with E-state index in [1.165, 1.54) is 5.56 Å². The summed E-state index contributed by atoms with van der Waals surface area (Å²) >= 11 is 0. The van der Waals surface area contributed by atoms with E-state index in [0.29, 0.717) is 35.8 Å². The van der Waals surface area contributed by atoms with Gasteiger partial charge in [-0.15, -0.1) is 0 Å². The van der Waals surface area contributed by atoms with Crippen LogP contribution in [0, 0.1) is 27.7 Å². The fourth-order valence-corrected chi connectivity index (χ4v) is 4.56. The van der Waals surface area contributed by atoms with Crippen molar-refractivity contribution in [3.8, 4) is 22.9 Å². The van der Waals surface area contributed by atoms with Gasteiger partial charge >= 0.3 is 0 Å². The van der Waals surface area contributed by atoms with Crippen molar-refractivity contribution in [1.29, 1.82) is 0 Å². The quantitative estimate of drug-likeness (QED) is 0.364. The van der Waals surface area contributed by atoms with Gasteiger partial charge in [0.05, 0.1) is 32.7 Å². The Morgan fingerprint density at radius 2 is 1.56 bits per heavy atom. The van der Waals surface area contributed by atoms with E-state index in [-0.39, 0.29) is 5.91 Å². The highest BCUT2D eigenvalue weighted by molar-refractivity contribution is 5.92. The van der Waals surface area contributed by atoms with Crippen LogP contribution in [-0.2, 0) is 11.2 Å². The van der Waals surface area contributed by atoms with Crippen molar-refractivity contribution in [3.63, 3.8) is 0 Å². The Kier molecular flexibility index (Phi) is 7.15. The van der Waals surface area contributed by atoms with Crippen molar-refractivity contribution in [2.45, 2.75) is 40.5 Å². The molecule has 2 heterocycles. The third-order valence-corrected chi connectivity index (χ3v) is 6.40. The molecule has 4 aromatic rings.